The first-order valence-electron chi connectivity index (χ1n) is 5.46. The fraction of sp³-hybridized carbons (Fsp3) is 0.545. The van der Waals surface area contributed by atoms with E-state index in [1.807, 2.05) is 6.92 Å². The number of aromatic nitrogens is 2. The van der Waals surface area contributed by atoms with E-state index >= 15 is 0 Å². The van der Waals surface area contributed by atoms with Crippen LogP contribution in [0.25, 0.3) is 0 Å². The highest BCUT2D eigenvalue weighted by molar-refractivity contribution is 7.99. The number of hydrogen-bond acceptors (Lipinski definition) is 5. The molecule has 1 N–H and O–H groups in total. The van der Waals surface area contributed by atoms with Gasteiger partial charge in [0.05, 0.1) is 11.4 Å². The van der Waals surface area contributed by atoms with Crippen molar-refractivity contribution in [2.24, 2.45) is 0 Å². The molecule has 0 atom stereocenters. The Balaban J connectivity index is 2.22. The van der Waals surface area contributed by atoms with Gasteiger partial charge < -0.3 is 10.0 Å². The summed E-state index contributed by atoms with van der Waals surface area (Å²) >= 11 is 1.18. The third kappa shape index (κ3) is 2.95. The maximum absolute atomic E-state index is 10.5. The smallest absolute Gasteiger partial charge is 0.313 e. The molecule has 5 nitrogen and oxygen atoms in total. The van der Waals surface area contributed by atoms with E-state index in [0.717, 1.165) is 30.9 Å². The molecule has 1 aliphatic rings. The van der Waals surface area contributed by atoms with Crippen molar-refractivity contribution in [1.82, 2.24) is 14.9 Å². The summed E-state index contributed by atoms with van der Waals surface area (Å²) in [5, 5.41) is 9.21. The predicted octanol–water partition coefficient (Wildman–Crippen LogP) is 0.950. The van der Waals surface area contributed by atoms with Gasteiger partial charge in [0.25, 0.3) is 0 Å². The van der Waals surface area contributed by atoms with Crippen LogP contribution in [0.5, 0.6) is 0 Å². The molecule has 0 saturated heterocycles. The lowest BCUT2D eigenvalue weighted by atomic mass is 10.1. The van der Waals surface area contributed by atoms with Crippen LogP contribution in [0.15, 0.2) is 5.16 Å². The third-order valence-corrected chi connectivity index (χ3v) is 3.59. The van der Waals surface area contributed by atoms with Gasteiger partial charge in [0.1, 0.15) is 0 Å². The lowest BCUT2D eigenvalue weighted by Crippen LogP contribution is -2.28. The van der Waals surface area contributed by atoms with Crippen molar-refractivity contribution in [2.75, 3.05) is 19.3 Å². The molecule has 0 aliphatic carbocycles. The summed E-state index contributed by atoms with van der Waals surface area (Å²) in [4.78, 5) is 21.5. The van der Waals surface area contributed by atoms with Crippen LogP contribution in [0.3, 0.4) is 0 Å². The highest BCUT2D eigenvalue weighted by Crippen LogP contribution is 2.22. The molecule has 0 fully saturated rings. The molecule has 0 radical (unpaired) electrons. The molecule has 0 amide bonds. The largest absolute Gasteiger partial charge is 0.481 e. The first kappa shape index (κ1) is 12.3. The Kier molecular flexibility index (Phi) is 3.63. The van der Waals surface area contributed by atoms with Crippen LogP contribution >= 0.6 is 11.8 Å². The Morgan fingerprint density at radius 1 is 1.53 bits per heavy atom. The van der Waals surface area contributed by atoms with E-state index < -0.39 is 5.97 Å². The number of fused-ring (bicyclic) bond motifs is 1. The molecule has 0 aromatic carbocycles. The second-order valence-electron chi connectivity index (χ2n) is 4.19. The summed E-state index contributed by atoms with van der Waals surface area (Å²) < 4.78 is 0. The molecule has 92 valence electrons. The number of nitrogens with zero attached hydrogens (tertiary/aromatic N) is 3. The summed E-state index contributed by atoms with van der Waals surface area (Å²) in [6, 6.07) is 0. The van der Waals surface area contributed by atoms with Crippen LogP contribution in [0.4, 0.5) is 0 Å². The second-order valence-corrected chi connectivity index (χ2v) is 5.13. The maximum Gasteiger partial charge on any atom is 0.313 e. The zero-order valence-electron chi connectivity index (χ0n) is 9.93. The summed E-state index contributed by atoms with van der Waals surface area (Å²) in [5.74, 6) is -0.827. The molecule has 2 rings (SSSR count). The van der Waals surface area contributed by atoms with Crippen molar-refractivity contribution >= 4 is 17.7 Å². The quantitative estimate of drug-likeness (QED) is 0.639. The number of aliphatic carboxylic acids is 1. The lowest BCUT2D eigenvalue weighted by Gasteiger charge is -2.25. The Hall–Kier alpha value is -1.14. The third-order valence-electron chi connectivity index (χ3n) is 2.76. The lowest BCUT2D eigenvalue weighted by molar-refractivity contribution is -0.133. The van der Waals surface area contributed by atoms with Crippen LogP contribution in [-0.4, -0.2) is 45.3 Å². The molecule has 0 bridgehead atoms. The molecule has 6 heteroatoms. The van der Waals surface area contributed by atoms with E-state index in [1.54, 1.807) is 0 Å². The van der Waals surface area contributed by atoms with Gasteiger partial charge in [0, 0.05) is 30.8 Å². The van der Waals surface area contributed by atoms with Gasteiger partial charge >= 0.3 is 5.97 Å². The average molecular weight is 253 g/mol. The molecule has 0 saturated carbocycles. The van der Waals surface area contributed by atoms with Gasteiger partial charge in [-0.3, -0.25) is 4.79 Å². The summed E-state index contributed by atoms with van der Waals surface area (Å²) in [5.41, 5.74) is 3.23. The van der Waals surface area contributed by atoms with E-state index in [-0.39, 0.29) is 5.75 Å². The Bertz CT molecular complexity index is 451. The number of thioether (sulfide) groups is 1. The normalized spacial score (nSPS) is 15.6. The van der Waals surface area contributed by atoms with Crippen molar-refractivity contribution in [3.8, 4) is 0 Å². The first-order valence-corrected chi connectivity index (χ1v) is 6.44. The molecular formula is C11H15N3O2S. The zero-order valence-corrected chi connectivity index (χ0v) is 10.8. The zero-order chi connectivity index (χ0) is 12.4. The van der Waals surface area contributed by atoms with Gasteiger partial charge in [-0.2, -0.15) is 0 Å². The van der Waals surface area contributed by atoms with Gasteiger partial charge in [-0.25, -0.2) is 9.97 Å². The van der Waals surface area contributed by atoms with E-state index in [9.17, 15) is 4.79 Å². The van der Waals surface area contributed by atoms with Gasteiger partial charge in [0.2, 0.25) is 0 Å². The Morgan fingerprint density at radius 2 is 2.29 bits per heavy atom. The number of aryl methyl sites for hydroxylation is 1. The minimum atomic E-state index is -0.839. The van der Waals surface area contributed by atoms with Crippen LogP contribution in [0.1, 0.15) is 17.0 Å². The number of likely N-dealkylation sites (N-methyl/N-ethyl adjacent to an activating group) is 1. The van der Waals surface area contributed by atoms with Crippen molar-refractivity contribution in [1.29, 1.82) is 0 Å². The highest BCUT2D eigenvalue weighted by atomic mass is 32.2. The van der Waals surface area contributed by atoms with E-state index in [4.69, 9.17) is 5.11 Å². The molecule has 2 heterocycles. The highest BCUT2D eigenvalue weighted by Gasteiger charge is 2.18. The molecule has 0 spiro atoms. The van der Waals surface area contributed by atoms with Gasteiger partial charge in [-0.1, -0.05) is 11.8 Å². The standard InChI is InChI=1S/C11H15N3O2S/c1-7-8-5-14(2)4-3-9(8)13-11(12-7)17-6-10(15)16/h3-6H2,1-2H3,(H,15,16). The number of carboxylic acids is 1. The van der Waals surface area contributed by atoms with E-state index in [2.05, 4.69) is 21.9 Å². The van der Waals surface area contributed by atoms with E-state index in [0.29, 0.717) is 5.16 Å². The summed E-state index contributed by atoms with van der Waals surface area (Å²) in [6.45, 7) is 3.84. The van der Waals surface area contributed by atoms with Gasteiger partial charge in [0.15, 0.2) is 5.16 Å². The minimum absolute atomic E-state index is 0.0120. The SMILES string of the molecule is Cc1nc(SCC(=O)O)nc2c1CN(C)CC2. The molecule has 1 aromatic heterocycles. The molecule has 1 aromatic rings. The van der Waals surface area contributed by atoms with Gasteiger partial charge in [-0.15, -0.1) is 0 Å². The fourth-order valence-corrected chi connectivity index (χ4v) is 2.51. The van der Waals surface area contributed by atoms with Crippen molar-refractivity contribution in [3.05, 3.63) is 17.0 Å². The second kappa shape index (κ2) is 5.01. The van der Waals surface area contributed by atoms with Crippen molar-refractivity contribution in [3.63, 3.8) is 0 Å². The Labute approximate surface area is 104 Å². The summed E-state index contributed by atoms with van der Waals surface area (Å²) in [7, 11) is 2.08. The van der Waals surface area contributed by atoms with E-state index in [1.165, 1.54) is 17.3 Å². The number of carboxylic acid groups (broad SMARTS) is 1. The summed E-state index contributed by atoms with van der Waals surface area (Å²) in [6.07, 6.45) is 0.913. The molecule has 1 aliphatic heterocycles. The number of hydrogen-bond donors (Lipinski definition) is 1. The average Bonchev–Trinajstić information content (AvgIpc) is 2.27. The van der Waals surface area contributed by atoms with Crippen LogP contribution in [-0.2, 0) is 17.8 Å². The minimum Gasteiger partial charge on any atom is -0.481 e. The van der Waals surface area contributed by atoms with Crippen LogP contribution in [0, 0.1) is 6.92 Å². The van der Waals surface area contributed by atoms with Crippen LogP contribution < -0.4 is 0 Å². The Morgan fingerprint density at radius 3 is 3.00 bits per heavy atom. The predicted molar refractivity (Wildman–Crippen MR) is 65.2 cm³/mol. The fourth-order valence-electron chi connectivity index (χ4n) is 1.88. The van der Waals surface area contributed by atoms with Gasteiger partial charge in [-0.05, 0) is 14.0 Å². The first-order chi connectivity index (χ1) is 8.06. The number of carbonyl (C=O) groups is 1. The topological polar surface area (TPSA) is 66.3 Å². The van der Waals surface area contributed by atoms with Crippen molar-refractivity contribution in [2.45, 2.75) is 25.0 Å². The molecule has 0 unspecified atom stereocenters. The maximum atomic E-state index is 10.5. The number of rotatable bonds is 3. The van der Waals surface area contributed by atoms with Crippen molar-refractivity contribution < 1.29 is 9.90 Å². The molecule has 17 heavy (non-hydrogen) atoms. The van der Waals surface area contributed by atoms with Crippen LogP contribution in [0.2, 0.25) is 0 Å². The molecular weight excluding hydrogens is 238 g/mol. The monoisotopic (exact) mass is 253 g/mol.